The summed E-state index contributed by atoms with van der Waals surface area (Å²) in [5.41, 5.74) is 1.25. The Bertz CT molecular complexity index is 944. The fraction of sp³-hybridized carbons (Fsp3) is 0.667. The number of nitrogens with one attached hydrogen (secondary N) is 1. The quantitative estimate of drug-likeness (QED) is 0.860. The zero-order valence-corrected chi connectivity index (χ0v) is 17.2. The predicted molar refractivity (Wildman–Crippen MR) is 111 cm³/mol. The Kier molecular flexibility index (Phi) is 4.97. The topological polar surface area (TPSA) is 69.3 Å². The molecule has 0 bridgehead atoms. The molecule has 1 N–H and O–H groups in total. The van der Waals surface area contributed by atoms with E-state index in [9.17, 15) is 9.59 Å². The van der Waals surface area contributed by atoms with Crippen molar-refractivity contribution in [2.45, 2.75) is 57.3 Å². The van der Waals surface area contributed by atoms with Gasteiger partial charge in [0.15, 0.2) is 0 Å². The number of aromatic amines is 1. The van der Waals surface area contributed by atoms with Gasteiger partial charge in [-0.1, -0.05) is 0 Å². The number of hydrogen-bond donors (Lipinski definition) is 1. The lowest BCUT2D eigenvalue weighted by Gasteiger charge is -2.33. The summed E-state index contributed by atoms with van der Waals surface area (Å²) in [5, 5.41) is 0.821. The summed E-state index contributed by atoms with van der Waals surface area (Å²) in [6, 6.07) is 0. The van der Waals surface area contributed by atoms with Gasteiger partial charge in [0, 0.05) is 23.9 Å². The number of aryl methyl sites for hydroxylation is 2. The fourth-order valence-electron chi connectivity index (χ4n) is 5.03. The van der Waals surface area contributed by atoms with Gasteiger partial charge >= 0.3 is 0 Å². The molecule has 6 nitrogen and oxygen atoms in total. The summed E-state index contributed by atoms with van der Waals surface area (Å²) in [6.07, 6.45) is 8.80. The fourth-order valence-corrected chi connectivity index (χ4v) is 6.30. The number of likely N-dealkylation sites (tertiary alicyclic amines) is 2. The lowest BCUT2D eigenvalue weighted by molar-refractivity contribution is -0.133. The van der Waals surface area contributed by atoms with Crippen LogP contribution in [-0.4, -0.2) is 58.4 Å². The van der Waals surface area contributed by atoms with Crippen molar-refractivity contribution in [1.82, 2.24) is 19.8 Å². The number of carbonyl (C=O) groups excluding carboxylic acids is 1. The van der Waals surface area contributed by atoms with Gasteiger partial charge in [-0.2, -0.15) is 0 Å². The number of nitrogens with zero attached hydrogens (tertiary/aromatic N) is 3. The molecule has 2 aromatic rings. The first-order valence-corrected chi connectivity index (χ1v) is 11.6. The molecule has 2 saturated heterocycles. The second-order valence-electron chi connectivity index (χ2n) is 8.50. The minimum absolute atomic E-state index is 0.0138. The van der Waals surface area contributed by atoms with Gasteiger partial charge in [-0.3, -0.25) is 14.5 Å². The van der Waals surface area contributed by atoms with Gasteiger partial charge in [0.2, 0.25) is 5.91 Å². The first-order valence-electron chi connectivity index (χ1n) is 10.7. The number of aromatic nitrogens is 2. The maximum atomic E-state index is 12.8. The molecular formula is C21H28N4O2S. The van der Waals surface area contributed by atoms with Crippen molar-refractivity contribution in [3.63, 3.8) is 0 Å². The molecule has 5 rings (SSSR count). The zero-order chi connectivity index (χ0) is 19.1. The van der Waals surface area contributed by atoms with Crippen LogP contribution in [0, 0.1) is 0 Å². The van der Waals surface area contributed by atoms with Crippen molar-refractivity contribution in [3.8, 4) is 0 Å². The standard InChI is InChI=1S/C21H28N4O2S/c26-17(13-24-9-3-4-10-24)25-11-5-6-14(12-25)19-22-20(27)18-15-7-1-2-8-16(15)28-21(18)23-19/h14H,1-13H2,(H,22,23,27)/t14-/m0/s1. The molecule has 2 fully saturated rings. The largest absolute Gasteiger partial charge is 0.341 e. The van der Waals surface area contributed by atoms with Gasteiger partial charge in [0.1, 0.15) is 10.7 Å². The van der Waals surface area contributed by atoms with Crippen LogP contribution in [-0.2, 0) is 17.6 Å². The predicted octanol–water partition coefficient (Wildman–Crippen LogP) is 2.67. The van der Waals surface area contributed by atoms with Crippen LogP contribution < -0.4 is 5.56 Å². The molecule has 150 valence electrons. The summed E-state index contributed by atoms with van der Waals surface area (Å²) in [6.45, 7) is 4.11. The molecule has 28 heavy (non-hydrogen) atoms. The lowest BCUT2D eigenvalue weighted by atomic mass is 9.96. The second kappa shape index (κ2) is 7.59. The zero-order valence-electron chi connectivity index (χ0n) is 16.3. The minimum atomic E-state index is 0.0138. The number of carbonyl (C=O) groups is 1. The third-order valence-electron chi connectivity index (χ3n) is 6.56. The maximum Gasteiger partial charge on any atom is 0.259 e. The molecule has 0 unspecified atom stereocenters. The Morgan fingerprint density at radius 3 is 2.79 bits per heavy atom. The highest BCUT2D eigenvalue weighted by Gasteiger charge is 2.29. The van der Waals surface area contributed by atoms with Gasteiger partial charge in [-0.25, -0.2) is 4.98 Å². The Morgan fingerprint density at radius 1 is 1.11 bits per heavy atom. The number of H-pyrrole nitrogens is 1. The Balaban J connectivity index is 1.37. The van der Waals surface area contributed by atoms with Crippen LogP contribution in [0.3, 0.4) is 0 Å². The van der Waals surface area contributed by atoms with E-state index in [1.165, 1.54) is 29.7 Å². The summed E-state index contributed by atoms with van der Waals surface area (Å²) < 4.78 is 0. The van der Waals surface area contributed by atoms with Gasteiger partial charge in [0.05, 0.1) is 11.9 Å². The molecule has 7 heteroatoms. The van der Waals surface area contributed by atoms with Crippen molar-refractivity contribution in [2.75, 3.05) is 32.7 Å². The van der Waals surface area contributed by atoms with Crippen molar-refractivity contribution in [1.29, 1.82) is 0 Å². The Hall–Kier alpha value is -1.73. The SMILES string of the molecule is O=C(CN1CCCC1)N1CCC[C@H](c2nc3sc4c(c3c(=O)[nH]2)CCCC4)C1. The number of hydrogen-bond acceptors (Lipinski definition) is 5. The number of piperidine rings is 1. The van der Waals surface area contributed by atoms with Crippen molar-refractivity contribution >= 4 is 27.5 Å². The summed E-state index contributed by atoms with van der Waals surface area (Å²) in [5.74, 6) is 1.13. The van der Waals surface area contributed by atoms with E-state index in [0.717, 1.165) is 67.8 Å². The van der Waals surface area contributed by atoms with Crippen LogP contribution in [0.4, 0.5) is 0 Å². The molecule has 1 atom stereocenters. The second-order valence-corrected chi connectivity index (χ2v) is 9.59. The Morgan fingerprint density at radius 2 is 1.93 bits per heavy atom. The molecule has 0 aromatic carbocycles. The van der Waals surface area contributed by atoms with E-state index >= 15 is 0 Å². The number of thiophene rings is 1. The van der Waals surface area contributed by atoms with Crippen LogP contribution in [0.5, 0.6) is 0 Å². The molecule has 2 aromatic heterocycles. The van der Waals surface area contributed by atoms with Crippen molar-refractivity contribution in [2.24, 2.45) is 0 Å². The van der Waals surface area contributed by atoms with Gasteiger partial charge in [-0.15, -0.1) is 11.3 Å². The third-order valence-corrected chi connectivity index (χ3v) is 7.75. The number of fused-ring (bicyclic) bond motifs is 3. The molecule has 4 heterocycles. The molecule has 0 spiro atoms. The lowest BCUT2D eigenvalue weighted by Crippen LogP contribution is -2.44. The summed E-state index contributed by atoms with van der Waals surface area (Å²) >= 11 is 1.70. The Labute approximate surface area is 168 Å². The van der Waals surface area contributed by atoms with Gasteiger partial charge < -0.3 is 9.88 Å². The number of rotatable bonds is 3. The molecule has 3 aliphatic rings. The van der Waals surface area contributed by atoms with E-state index in [-0.39, 0.29) is 17.4 Å². The van der Waals surface area contributed by atoms with Gasteiger partial charge in [-0.05, 0) is 70.0 Å². The maximum absolute atomic E-state index is 12.8. The van der Waals surface area contributed by atoms with E-state index in [2.05, 4.69) is 9.88 Å². The first-order chi connectivity index (χ1) is 13.7. The van der Waals surface area contributed by atoms with E-state index in [0.29, 0.717) is 13.1 Å². The average Bonchev–Trinajstić information content (AvgIpc) is 3.35. The van der Waals surface area contributed by atoms with E-state index < -0.39 is 0 Å². The van der Waals surface area contributed by atoms with Gasteiger partial charge in [0.25, 0.3) is 5.56 Å². The van der Waals surface area contributed by atoms with Crippen molar-refractivity contribution < 1.29 is 4.79 Å². The third kappa shape index (κ3) is 3.39. The molecule has 2 aliphatic heterocycles. The summed E-state index contributed by atoms with van der Waals surface area (Å²) in [4.78, 5) is 40.0. The molecular weight excluding hydrogens is 372 g/mol. The van der Waals surface area contributed by atoms with Crippen LogP contribution in [0.1, 0.15) is 60.7 Å². The monoisotopic (exact) mass is 400 g/mol. The summed E-state index contributed by atoms with van der Waals surface area (Å²) in [7, 11) is 0. The normalized spacial score (nSPS) is 23.3. The molecule has 1 amide bonds. The molecule has 0 saturated carbocycles. The molecule has 1 aliphatic carbocycles. The van der Waals surface area contributed by atoms with E-state index in [1.54, 1.807) is 11.3 Å². The van der Waals surface area contributed by atoms with E-state index in [1.807, 2.05) is 4.90 Å². The van der Waals surface area contributed by atoms with Crippen LogP contribution in [0.2, 0.25) is 0 Å². The average molecular weight is 401 g/mol. The highest BCUT2D eigenvalue weighted by atomic mass is 32.1. The smallest absolute Gasteiger partial charge is 0.259 e. The van der Waals surface area contributed by atoms with Crippen molar-refractivity contribution in [3.05, 3.63) is 26.6 Å². The minimum Gasteiger partial charge on any atom is -0.341 e. The van der Waals surface area contributed by atoms with Crippen LogP contribution >= 0.6 is 11.3 Å². The highest BCUT2D eigenvalue weighted by Crippen LogP contribution is 2.34. The number of amides is 1. The highest BCUT2D eigenvalue weighted by molar-refractivity contribution is 7.18. The van der Waals surface area contributed by atoms with Crippen LogP contribution in [0.15, 0.2) is 4.79 Å². The van der Waals surface area contributed by atoms with E-state index in [4.69, 9.17) is 4.98 Å². The first kappa shape index (κ1) is 18.3. The van der Waals surface area contributed by atoms with Crippen LogP contribution in [0.25, 0.3) is 10.2 Å². The molecule has 0 radical (unpaired) electrons.